The van der Waals surface area contributed by atoms with Crippen LogP contribution in [0.1, 0.15) is 11.1 Å². The van der Waals surface area contributed by atoms with Crippen molar-refractivity contribution >= 4 is 10.8 Å². The van der Waals surface area contributed by atoms with Crippen LogP contribution in [0.3, 0.4) is 0 Å². The molecule has 2 aromatic carbocycles. The van der Waals surface area contributed by atoms with Gasteiger partial charge >= 0.3 is 0 Å². The molecule has 1 nitrogen and oxygen atoms in total. The van der Waals surface area contributed by atoms with Gasteiger partial charge < -0.3 is 0 Å². The van der Waals surface area contributed by atoms with Gasteiger partial charge in [0.25, 0.3) is 0 Å². The van der Waals surface area contributed by atoms with Gasteiger partial charge in [-0.05, 0) is 40.8 Å². The lowest BCUT2D eigenvalue weighted by Gasteiger charge is -2.04. The molecular formula is C17H15N. The average Bonchev–Trinajstić information content (AvgIpc) is 2.46. The summed E-state index contributed by atoms with van der Waals surface area (Å²) >= 11 is 0. The maximum atomic E-state index is 4.15. The van der Waals surface area contributed by atoms with Crippen molar-refractivity contribution in [2.45, 2.75) is 12.8 Å². The minimum absolute atomic E-state index is 1.05. The van der Waals surface area contributed by atoms with Gasteiger partial charge in [-0.2, -0.15) is 0 Å². The largest absolute Gasteiger partial charge is 0.264 e. The van der Waals surface area contributed by atoms with Crippen LogP contribution in [0.5, 0.6) is 0 Å². The Morgan fingerprint density at radius 1 is 0.722 bits per heavy atom. The third-order valence-electron chi connectivity index (χ3n) is 3.24. The Morgan fingerprint density at radius 2 is 1.56 bits per heavy atom. The van der Waals surface area contributed by atoms with Gasteiger partial charge in [-0.25, -0.2) is 0 Å². The second kappa shape index (κ2) is 5.01. The molecule has 0 spiro atoms. The van der Waals surface area contributed by atoms with Gasteiger partial charge in [-0.3, -0.25) is 4.98 Å². The zero-order chi connectivity index (χ0) is 12.2. The SMILES string of the molecule is c1cncc(CCc2ccc3ccccc3c2)c1. The Hall–Kier alpha value is -2.15. The molecule has 1 heteroatoms. The number of aromatic nitrogens is 1. The van der Waals surface area contributed by atoms with E-state index in [1.807, 2.05) is 18.5 Å². The smallest absolute Gasteiger partial charge is 0.0299 e. The van der Waals surface area contributed by atoms with Crippen LogP contribution < -0.4 is 0 Å². The number of aryl methyl sites for hydroxylation is 2. The van der Waals surface area contributed by atoms with E-state index in [9.17, 15) is 0 Å². The Balaban J connectivity index is 1.79. The minimum Gasteiger partial charge on any atom is -0.264 e. The molecule has 1 heterocycles. The first kappa shape index (κ1) is 11.0. The number of hydrogen-bond donors (Lipinski definition) is 0. The van der Waals surface area contributed by atoms with Crippen molar-refractivity contribution in [3.05, 3.63) is 78.1 Å². The van der Waals surface area contributed by atoms with Crippen molar-refractivity contribution in [2.24, 2.45) is 0 Å². The number of rotatable bonds is 3. The Labute approximate surface area is 107 Å². The van der Waals surface area contributed by atoms with Crippen LogP contribution in [0.4, 0.5) is 0 Å². The maximum absolute atomic E-state index is 4.15. The van der Waals surface area contributed by atoms with E-state index in [1.54, 1.807) is 0 Å². The van der Waals surface area contributed by atoms with Crippen molar-refractivity contribution in [2.75, 3.05) is 0 Å². The fourth-order valence-corrected chi connectivity index (χ4v) is 2.23. The molecule has 0 aliphatic carbocycles. The lowest BCUT2D eigenvalue weighted by molar-refractivity contribution is 0.952. The molecular weight excluding hydrogens is 218 g/mol. The first-order chi connectivity index (χ1) is 8.92. The Kier molecular flexibility index (Phi) is 3.05. The van der Waals surface area contributed by atoms with Crippen LogP contribution in [-0.4, -0.2) is 4.98 Å². The molecule has 0 amide bonds. The number of nitrogens with zero attached hydrogens (tertiary/aromatic N) is 1. The third kappa shape index (κ3) is 2.40. The minimum atomic E-state index is 1.05. The molecule has 0 saturated heterocycles. The first-order valence-corrected chi connectivity index (χ1v) is 6.28. The highest BCUT2D eigenvalue weighted by molar-refractivity contribution is 5.82. The van der Waals surface area contributed by atoms with Crippen molar-refractivity contribution in [1.29, 1.82) is 0 Å². The van der Waals surface area contributed by atoms with E-state index in [1.165, 1.54) is 21.9 Å². The second-order valence-electron chi connectivity index (χ2n) is 4.54. The van der Waals surface area contributed by atoms with Gasteiger partial charge in [-0.15, -0.1) is 0 Å². The van der Waals surface area contributed by atoms with Crippen molar-refractivity contribution < 1.29 is 0 Å². The summed E-state index contributed by atoms with van der Waals surface area (Å²) in [6.45, 7) is 0. The van der Waals surface area contributed by atoms with Gasteiger partial charge in [-0.1, -0.05) is 48.5 Å². The first-order valence-electron chi connectivity index (χ1n) is 6.28. The summed E-state index contributed by atoms with van der Waals surface area (Å²) in [5, 5.41) is 2.63. The van der Waals surface area contributed by atoms with E-state index < -0.39 is 0 Å². The zero-order valence-electron chi connectivity index (χ0n) is 10.2. The molecule has 88 valence electrons. The topological polar surface area (TPSA) is 12.9 Å². The fourth-order valence-electron chi connectivity index (χ4n) is 2.23. The van der Waals surface area contributed by atoms with Gasteiger partial charge in [0, 0.05) is 12.4 Å². The normalized spacial score (nSPS) is 10.7. The monoisotopic (exact) mass is 233 g/mol. The van der Waals surface area contributed by atoms with Crippen molar-refractivity contribution in [1.82, 2.24) is 4.98 Å². The van der Waals surface area contributed by atoms with Crippen LogP contribution in [0.25, 0.3) is 10.8 Å². The molecule has 3 rings (SSSR count). The van der Waals surface area contributed by atoms with Gasteiger partial charge in [0.1, 0.15) is 0 Å². The Bertz CT molecular complexity index is 644. The second-order valence-corrected chi connectivity index (χ2v) is 4.54. The van der Waals surface area contributed by atoms with E-state index in [0.717, 1.165) is 12.8 Å². The van der Waals surface area contributed by atoms with E-state index in [2.05, 4.69) is 53.5 Å². The van der Waals surface area contributed by atoms with Gasteiger partial charge in [0.15, 0.2) is 0 Å². The van der Waals surface area contributed by atoms with Crippen LogP contribution in [-0.2, 0) is 12.8 Å². The van der Waals surface area contributed by atoms with E-state index in [4.69, 9.17) is 0 Å². The van der Waals surface area contributed by atoms with Crippen LogP contribution in [0.2, 0.25) is 0 Å². The highest BCUT2D eigenvalue weighted by Crippen LogP contribution is 2.16. The summed E-state index contributed by atoms with van der Waals surface area (Å²) < 4.78 is 0. The number of fused-ring (bicyclic) bond motifs is 1. The third-order valence-corrected chi connectivity index (χ3v) is 3.24. The van der Waals surface area contributed by atoms with Gasteiger partial charge in [0.2, 0.25) is 0 Å². The molecule has 1 aromatic heterocycles. The summed E-state index contributed by atoms with van der Waals surface area (Å²) in [6.07, 6.45) is 5.88. The molecule has 3 aromatic rings. The quantitative estimate of drug-likeness (QED) is 0.665. The molecule has 0 aliphatic rings. The van der Waals surface area contributed by atoms with Crippen LogP contribution in [0, 0.1) is 0 Å². The molecule has 0 saturated carbocycles. The molecule has 18 heavy (non-hydrogen) atoms. The molecule has 0 bridgehead atoms. The van der Waals surface area contributed by atoms with Crippen molar-refractivity contribution in [3.63, 3.8) is 0 Å². The standard InChI is InChI=1S/C17H15N/c1-2-6-17-12-14(9-10-16(17)5-1)7-8-15-4-3-11-18-13-15/h1-6,9-13H,7-8H2. The number of benzene rings is 2. The lowest BCUT2D eigenvalue weighted by atomic mass is 10.0. The average molecular weight is 233 g/mol. The van der Waals surface area contributed by atoms with E-state index in [-0.39, 0.29) is 0 Å². The molecule has 0 fully saturated rings. The maximum Gasteiger partial charge on any atom is 0.0299 e. The molecule has 0 N–H and O–H groups in total. The van der Waals surface area contributed by atoms with Crippen molar-refractivity contribution in [3.8, 4) is 0 Å². The molecule has 0 aliphatic heterocycles. The van der Waals surface area contributed by atoms with Crippen LogP contribution >= 0.6 is 0 Å². The molecule has 0 radical (unpaired) electrons. The predicted octanol–water partition coefficient (Wildman–Crippen LogP) is 4.02. The highest BCUT2D eigenvalue weighted by Gasteiger charge is 1.98. The summed E-state index contributed by atoms with van der Waals surface area (Å²) in [7, 11) is 0. The lowest BCUT2D eigenvalue weighted by Crippen LogP contribution is -1.91. The zero-order valence-corrected chi connectivity index (χ0v) is 10.2. The Morgan fingerprint density at radius 3 is 2.39 bits per heavy atom. The summed E-state index contributed by atoms with van der Waals surface area (Å²) in [4.78, 5) is 4.15. The summed E-state index contributed by atoms with van der Waals surface area (Å²) in [6, 6.07) is 19.3. The molecule has 0 atom stereocenters. The number of pyridine rings is 1. The van der Waals surface area contributed by atoms with E-state index >= 15 is 0 Å². The molecule has 0 unspecified atom stereocenters. The van der Waals surface area contributed by atoms with E-state index in [0.29, 0.717) is 0 Å². The number of hydrogen-bond acceptors (Lipinski definition) is 1. The predicted molar refractivity (Wildman–Crippen MR) is 75.6 cm³/mol. The summed E-state index contributed by atoms with van der Waals surface area (Å²) in [5.74, 6) is 0. The highest BCUT2D eigenvalue weighted by atomic mass is 14.6. The van der Waals surface area contributed by atoms with Crippen LogP contribution in [0.15, 0.2) is 67.0 Å². The van der Waals surface area contributed by atoms with Gasteiger partial charge in [0.05, 0.1) is 0 Å². The fraction of sp³-hybridized carbons (Fsp3) is 0.118. The summed E-state index contributed by atoms with van der Waals surface area (Å²) in [5.41, 5.74) is 2.68.